The average Bonchev–Trinajstić information content (AvgIpc) is 2.53. The first-order chi connectivity index (χ1) is 11.0. The zero-order valence-electron chi connectivity index (χ0n) is 12.6. The molecule has 2 rings (SSSR count). The number of benzene rings is 2. The van der Waals surface area contributed by atoms with E-state index >= 15 is 0 Å². The van der Waals surface area contributed by atoms with Crippen LogP contribution >= 0.6 is 23.2 Å². The molecule has 6 heteroatoms. The molecular formula is C17H16Cl2N2O2. The minimum atomic E-state index is -0.239. The molecule has 0 aliphatic carbocycles. The summed E-state index contributed by atoms with van der Waals surface area (Å²) in [4.78, 5) is 25.4. The number of para-hydroxylation sites is 1. The first kappa shape index (κ1) is 17.3. The molecule has 0 unspecified atom stereocenters. The van der Waals surface area contributed by atoms with Crippen molar-refractivity contribution in [3.63, 3.8) is 0 Å². The molecule has 23 heavy (non-hydrogen) atoms. The quantitative estimate of drug-likeness (QED) is 0.869. The molecule has 0 atom stereocenters. The summed E-state index contributed by atoms with van der Waals surface area (Å²) in [5.74, 6) is -0.360. The normalized spacial score (nSPS) is 10.2. The molecule has 2 amide bonds. The van der Waals surface area contributed by atoms with Gasteiger partial charge in [-0.1, -0.05) is 47.5 Å². The van der Waals surface area contributed by atoms with E-state index in [4.69, 9.17) is 23.2 Å². The molecule has 0 fully saturated rings. The highest BCUT2D eigenvalue weighted by Crippen LogP contribution is 2.29. The molecule has 2 aromatic carbocycles. The van der Waals surface area contributed by atoms with E-state index in [0.29, 0.717) is 15.7 Å². The zero-order valence-corrected chi connectivity index (χ0v) is 14.1. The van der Waals surface area contributed by atoms with Gasteiger partial charge in [0.15, 0.2) is 0 Å². The second-order valence-electron chi connectivity index (χ2n) is 4.91. The number of carbonyl (C=O) groups is 2. The van der Waals surface area contributed by atoms with Gasteiger partial charge < -0.3 is 10.2 Å². The topological polar surface area (TPSA) is 49.4 Å². The highest BCUT2D eigenvalue weighted by atomic mass is 35.5. The van der Waals surface area contributed by atoms with E-state index in [1.807, 2.05) is 30.3 Å². The lowest BCUT2D eigenvalue weighted by atomic mass is 10.2. The Bertz CT molecular complexity index is 705. The van der Waals surface area contributed by atoms with Crippen molar-refractivity contribution in [1.29, 1.82) is 0 Å². The van der Waals surface area contributed by atoms with Crippen molar-refractivity contribution >= 4 is 46.4 Å². The lowest BCUT2D eigenvalue weighted by molar-refractivity contribution is -0.117. The average molecular weight is 351 g/mol. The highest BCUT2D eigenvalue weighted by molar-refractivity contribution is 6.43. The molecule has 0 radical (unpaired) electrons. The summed E-state index contributed by atoms with van der Waals surface area (Å²) in [6, 6.07) is 14.2. The van der Waals surface area contributed by atoms with E-state index in [1.54, 1.807) is 23.1 Å². The number of carbonyl (C=O) groups excluding carboxylic acids is 2. The van der Waals surface area contributed by atoms with Crippen molar-refractivity contribution < 1.29 is 9.59 Å². The highest BCUT2D eigenvalue weighted by Gasteiger charge is 2.14. The third-order valence-corrected chi connectivity index (χ3v) is 4.06. The summed E-state index contributed by atoms with van der Waals surface area (Å²) in [5, 5.41) is 3.38. The number of nitrogens with one attached hydrogen (secondary N) is 1. The monoisotopic (exact) mass is 350 g/mol. The summed E-state index contributed by atoms with van der Waals surface area (Å²) in [5.41, 5.74) is 1.21. The van der Waals surface area contributed by atoms with Gasteiger partial charge in [0, 0.05) is 25.6 Å². The second kappa shape index (κ2) is 7.99. The van der Waals surface area contributed by atoms with Gasteiger partial charge in [-0.05, 0) is 24.3 Å². The Morgan fingerprint density at radius 2 is 1.74 bits per heavy atom. The Labute approximate surface area is 145 Å². The Morgan fingerprint density at radius 1 is 1.04 bits per heavy atom. The Morgan fingerprint density at radius 3 is 2.39 bits per heavy atom. The van der Waals surface area contributed by atoms with Gasteiger partial charge in [0.05, 0.1) is 15.7 Å². The van der Waals surface area contributed by atoms with Gasteiger partial charge >= 0.3 is 0 Å². The largest absolute Gasteiger partial charge is 0.325 e. The van der Waals surface area contributed by atoms with Crippen LogP contribution in [0.2, 0.25) is 10.0 Å². The zero-order chi connectivity index (χ0) is 16.8. The van der Waals surface area contributed by atoms with Crippen molar-refractivity contribution in [3.05, 3.63) is 58.6 Å². The molecule has 0 saturated heterocycles. The summed E-state index contributed by atoms with van der Waals surface area (Å²) >= 11 is 11.9. The molecule has 0 heterocycles. The number of anilines is 2. The molecule has 0 aliphatic heterocycles. The molecule has 120 valence electrons. The van der Waals surface area contributed by atoms with E-state index in [2.05, 4.69) is 5.32 Å². The van der Waals surface area contributed by atoms with Crippen LogP contribution in [0.4, 0.5) is 11.4 Å². The van der Waals surface area contributed by atoms with Crippen molar-refractivity contribution in [2.24, 2.45) is 0 Å². The smallest absolute Gasteiger partial charge is 0.226 e. The maximum atomic E-state index is 12.1. The Hall–Kier alpha value is -2.04. The predicted octanol–water partition coefficient (Wildman–Crippen LogP) is 4.38. The third-order valence-electron chi connectivity index (χ3n) is 3.24. The molecular weight excluding hydrogens is 335 g/mol. The minimum Gasteiger partial charge on any atom is -0.325 e. The lowest BCUT2D eigenvalue weighted by Gasteiger charge is -2.21. The standard InChI is InChI=1S/C17H16Cl2N2O2/c1-12(22)21(13-6-3-2-4-7-13)11-10-16(23)20-15-9-5-8-14(18)17(15)19/h2-9H,10-11H2,1H3,(H,20,23). The number of hydrogen-bond acceptors (Lipinski definition) is 2. The van der Waals surface area contributed by atoms with Crippen LogP contribution in [0.15, 0.2) is 48.5 Å². The number of hydrogen-bond donors (Lipinski definition) is 1. The Balaban J connectivity index is 2.00. The van der Waals surface area contributed by atoms with Crippen molar-refractivity contribution in [2.75, 3.05) is 16.8 Å². The maximum absolute atomic E-state index is 12.1. The maximum Gasteiger partial charge on any atom is 0.226 e. The number of halogens is 2. The second-order valence-corrected chi connectivity index (χ2v) is 5.69. The molecule has 0 aliphatic rings. The first-order valence-corrected chi connectivity index (χ1v) is 7.81. The van der Waals surface area contributed by atoms with Gasteiger partial charge in [-0.15, -0.1) is 0 Å². The summed E-state index contributed by atoms with van der Waals surface area (Å²) in [6.45, 7) is 1.75. The molecule has 0 spiro atoms. The number of rotatable bonds is 5. The number of amides is 2. The fourth-order valence-electron chi connectivity index (χ4n) is 2.10. The van der Waals surface area contributed by atoms with Gasteiger partial charge in [0.1, 0.15) is 0 Å². The molecule has 1 N–H and O–H groups in total. The third kappa shape index (κ3) is 4.71. The predicted molar refractivity (Wildman–Crippen MR) is 94.2 cm³/mol. The van der Waals surface area contributed by atoms with E-state index in [1.165, 1.54) is 6.92 Å². The van der Waals surface area contributed by atoms with Crippen LogP contribution in [-0.4, -0.2) is 18.4 Å². The van der Waals surface area contributed by atoms with Crippen LogP contribution in [0.25, 0.3) is 0 Å². The van der Waals surface area contributed by atoms with Gasteiger partial charge in [-0.25, -0.2) is 0 Å². The van der Waals surface area contributed by atoms with Crippen LogP contribution in [-0.2, 0) is 9.59 Å². The van der Waals surface area contributed by atoms with Crippen LogP contribution in [0.1, 0.15) is 13.3 Å². The van der Waals surface area contributed by atoms with Crippen LogP contribution < -0.4 is 10.2 Å². The van der Waals surface area contributed by atoms with Crippen LogP contribution in [0, 0.1) is 0 Å². The van der Waals surface area contributed by atoms with Crippen LogP contribution in [0.5, 0.6) is 0 Å². The fraction of sp³-hybridized carbons (Fsp3) is 0.176. The summed E-state index contributed by atoms with van der Waals surface area (Å²) < 4.78 is 0. The van der Waals surface area contributed by atoms with Crippen molar-refractivity contribution in [1.82, 2.24) is 0 Å². The Kier molecular flexibility index (Phi) is 6.02. The van der Waals surface area contributed by atoms with Gasteiger partial charge in [0.25, 0.3) is 0 Å². The first-order valence-electron chi connectivity index (χ1n) is 7.06. The SMILES string of the molecule is CC(=O)N(CCC(=O)Nc1cccc(Cl)c1Cl)c1ccccc1. The van der Waals surface area contributed by atoms with Gasteiger partial charge in [-0.3, -0.25) is 9.59 Å². The van der Waals surface area contributed by atoms with Gasteiger partial charge in [-0.2, -0.15) is 0 Å². The molecule has 4 nitrogen and oxygen atoms in total. The number of nitrogens with zero attached hydrogens (tertiary/aromatic N) is 1. The van der Waals surface area contributed by atoms with Crippen LogP contribution in [0.3, 0.4) is 0 Å². The minimum absolute atomic E-state index is 0.121. The van der Waals surface area contributed by atoms with E-state index in [0.717, 1.165) is 5.69 Å². The van der Waals surface area contributed by atoms with Gasteiger partial charge in [0.2, 0.25) is 11.8 Å². The lowest BCUT2D eigenvalue weighted by Crippen LogP contribution is -2.31. The van der Waals surface area contributed by atoms with Crippen molar-refractivity contribution in [2.45, 2.75) is 13.3 Å². The van der Waals surface area contributed by atoms with Crippen molar-refractivity contribution in [3.8, 4) is 0 Å². The molecule has 0 aromatic heterocycles. The summed E-state index contributed by atoms with van der Waals surface area (Å²) in [6.07, 6.45) is 0.150. The van der Waals surface area contributed by atoms with E-state index < -0.39 is 0 Å². The van der Waals surface area contributed by atoms with E-state index in [9.17, 15) is 9.59 Å². The molecule has 0 saturated carbocycles. The molecule has 0 bridgehead atoms. The summed E-state index contributed by atoms with van der Waals surface area (Å²) in [7, 11) is 0. The van der Waals surface area contributed by atoms with E-state index in [-0.39, 0.29) is 24.8 Å². The molecule has 2 aromatic rings. The fourth-order valence-corrected chi connectivity index (χ4v) is 2.45.